The smallest absolute Gasteiger partial charge is 0.493 e. The van der Waals surface area contributed by atoms with Gasteiger partial charge in [-0.25, -0.2) is 4.99 Å². The molecular weight excluding hydrogens is 379 g/mol. The third kappa shape index (κ3) is 5.35. The van der Waals surface area contributed by atoms with E-state index in [2.05, 4.69) is 15.0 Å². The Hall–Kier alpha value is -3.30. The van der Waals surface area contributed by atoms with Crippen molar-refractivity contribution in [2.24, 2.45) is 10.7 Å². The Morgan fingerprint density at radius 3 is 2.25 bits per heavy atom. The van der Waals surface area contributed by atoms with Gasteiger partial charge in [-0.2, -0.15) is 0 Å². The van der Waals surface area contributed by atoms with Crippen LogP contribution in [0.25, 0.3) is 0 Å². The summed E-state index contributed by atoms with van der Waals surface area (Å²) in [5, 5.41) is 2.60. The van der Waals surface area contributed by atoms with Gasteiger partial charge in [0.25, 0.3) is 0 Å². The summed E-state index contributed by atoms with van der Waals surface area (Å²) in [5.74, 6) is 0.774. The Bertz CT molecular complexity index is 841. The molecule has 2 aromatic rings. The molecule has 10 heteroatoms. The van der Waals surface area contributed by atoms with Crippen molar-refractivity contribution in [3.63, 3.8) is 0 Å². The van der Waals surface area contributed by atoms with Crippen LogP contribution in [0.5, 0.6) is 23.0 Å². The van der Waals surface area contributed by atoms with Crippen LogP contribution >= 0.6 is 0 Å². The summed E-state index contributed by atoms with van der Waals surface area (Å²) in [5.41, 5.74) is 6.48. The van der Waals surface area contributed by atoms with Crippen molar-refractivity contribution in [1.82, 2.24) is 0 Å². The molecule has 0 fully saturated rings. The molecule has 0 saturated heterocycles. The molecule has 0 amide bonds. The molecule has 0 radical (unpaired) electrons. The molecule has 0 spiro atoms. The lowest BCUT2D eigenvalue weighted by Gasteiger charge is -2.15. The van der Waals surface area contributed by atoms with Gasteiger partial charge in [0.15, 0.2) is 23.2 Å². The highest BCUT2D eigenvalue weighted by atomic mass is 19.4. The normalized spacial score (nSPS) is 11.7. The summed E-state index contributed by atoms with van der Waals surface area (Å²) in [4.78, 5) is 4.14. The van der Waals surface area contributed by atoms with Gasteiger partial charge >= 0.3 is 6.36 Å². The van der Waals surface area contributed by atoms with E-state index in [4.69, 9.17) is 19.9 Å². The molecule has 7 nitrogen and oxygen atoms in total. The molecule has 0 saturated carbocycles. The van der Waals surface area contributed by atoms with Crippen LogP contribution in [0.2, 0.25) is 0 Å². The molecule has 0 aliphatic heterocycles. The summed E-state index contributed by atoms with van der Waals surface area (Å²) >= 11 is 0. The molecular formula is C18H20F3N3O4. The molecule has 2 rings (SSSR count). The second-order valence-corrected chi connectivity index (χ2v) is 5.36. The number of nitrogens with zero attached hydrogens (tertiary/aromatic N) is 1. The average Bonchev–Trinajstić information content (AvgIpc) is 2.65. The predicted octanol–water partition coefficient (Wildman–Crippen LogP) is 3.54. The second kappa shape index (κ2) is 9.07. The molecule has 0 aliphatic rings. The number of aliphatic imine (C=N–C) groups is 1. The van der Waals surface area contributed by atoms with Crippen molar-refractivity contribution in [3.05, 3.63) is 42.0 Å². The number of hydrogen-bond acceptors (Lipinski definition) is 5. The standard InChI is InChI=1S/C18H20F3N3O4/c1-25-14-9-8-11(15(26-2)16(14)27-3)10-23-17(22)24-12-6-4-5-7-13(12)28-18(19,20)21/h4-9H,10H2,1-3H3,(H3,22,23,24). The molecule has 0 bridgehead atoms. The van der Waals surface area contributed by atoms with Crippen molar-refractivity contribution in [2.45, 2.75) is 12.9 Å². The lowest BCUT2D eigenvalue weighted by Crippen LogP contribution is -2.24. The fourth-order valence-electron chi connectivity index (χ4n) is 2.42. The van der Waals surface area contributed by atoms with Crippen molar-refractivity contribution >= 4 is 11.6 Å². The van der Waals surface area contributed by atoms with Gasteiger partial charge in [0.2, 0.25) is 5.75 Å². The summed E-state index contributed by atoms with van der Waals surface area (Å²) in [6.45, 7) is 0.0880. The molecule has 2 aromatic carbocycles. The summed E-state index contributed by atoms with van der Waals surface area (Å²) < 4.78 is 57.3. The lowest BCUT2D eigenvalue weighted by molar-refractivity contribution is -0.274. The first-order valence-electron chi connectivity index (χ1n) is 7.98. The summed E-state index contributed by atoms with van der Waals surface area (Å²) in [6, 6.07) is 8.91. The second-order valence-electron chi connectivity index (χ2n) is 5.36. The van der Waals surface area contributed by atoms with E-state index in [1.165, 1.54) is 45.6 Å². The van der Waals surface area contributed by atoms with E-state index in [0.29, 0.717) is 22.8 Å². The zero-order valence-electron chi connectivity index (χ0n) is 15.5. The molecule has 0 aliphatic carbocycles. The van der Waals surface area contributed by atoms with Gasteiger partial charge in [-0.1, -0.05) is 12.1 Å². The molecule has 0 atom stereocenters. The molecule has 152 valence electrons. The van der Waals surface area contributed by atoms with Gasteiger partial charge in [0.1, 0.15) is 0 Å². The van der Waals surface area contributed by atoms with Crippen LogP contribution < -0.4 is 30.0 Å². The highest BCUT2D eigenvalue weighted by Crippen LogP contribution is 2.40. The van der Waals surface area contributed by atoms with Crippen LogP contribution in [-0.4, -0.2) is 33.7 Å². The van der Waals surface area contributed by atoms with Crippen molar-refractivity contribution in [1.29, 1.82) is 0 Å². The first-order valence-corrected chi connectivity index (χ1v) is 7.98. The number of nitrogens with one attached hydrogen (secondary N) is 1. The largest absolute Gasteiger partial charge is 0.573 e. The van der Waals surface area contributed by atoms with Crippen LogP contribution in [-0.2, 0) is 6.54 Å². The summed E-state index contributed by atoms with van der Waals surface area (Å²) in [6.07, 6.45) is -4.82. The van der Waals surface area contributed by atoms with Gasteiger partial charge in [-0.05, 0) is 24.3 Å². The molecule has 0 unspecified atom stereocenters. The zero-order valence-corrected chi connectivity index (χ0v) is 15.5. The Balaban J connectivity index is 2.21. The van der Waals surface area contributed by atoms with E-state index in [9.17, 15) is 13.2 Å². The minimum absolute atomic E-state index is 0.0281. The SMILES string of the molecule is COc1ccc(CN=C(N)Nc2ccccc2OC(F)(F)F)c(OC)c1OC. The number of ether oxygens (including phenoxy) is 4. The van der Waals surface area contributed by atoms with Crippen LogP contribution in [0.15, 0.2) is 41.4 Å². The van der Waals surface area contributed by atoms with Gasteiger partial charge in [0.05, 0.1) is 33.6 Å². The maximum Gasteiger partial charge on any atom is 0.573 e. The van der Waals surface area contributed by atoms with Crippen molar-refractivity contribution in [2.75, 3.05) is 26.6 Å². The fraction of sp³-hybridized carbons (Fsp3) is 0.278. The number of halogens is 3. The number of para-hydroxylation sites is 2. The number of methoxy groups -OCH3 is 3. The minimum atomic E-state index is -4.82. The van der Waals surface area contributed by atoms with Gasteiger partial charge < -0.3 is 30.0 Å². The van der Waals surface area contributed by atoms with Crippen LogP contribution in [0.1, 0.15) is 5.56 Å². The van der Waals surface area contributed by atoms with Gasteiger partial charge in [-0.3, -0.25) is 0 Å². The Kier molecular flexibility index (Phi) is 6.80. The molecule has 28 heavy (non-hydrogen) atoms. The number of alkyl halides is 3. The van der Waals surface area contributed by atoms with E-state index in [0.717, 1.165) is 0 Å². The van der Waals surface area contributed by atoms with E-state index in [1.807, 2.05) is 0 Å². The Labute approximate surface area is 159 Å². The van der Waals surface area contributed by atoms with Crippen LogP contribution in [0.4, 0.5) is 18.9 Å². The van der Waals surface area contributed by atoms with Gasteiger partial charge in [-0.15, -0.1) is 13.2 Å². The quantitative estimate of drug-likeness (QED) is 0.547. The number of anilines is 1. The highest BCUT2D eigenvalue weighted by Gasteiger charge is 2.32. The maximum absolute atomic E-state index is 12.5. The van der Waals surface area contributed by atoms with Crippen molar-refractivity contribution < 1.29 is 32.1 Å². The first-order chi connectivity index (χ1) is 13.3. The Morgan fingerprint density at radius 2 is 1.64 bits per heavy atom. The Morgan fingerprint density at radius 1 is 0.964 bits per heavy atom. The average molecular weight is 399 g/mol. The molecule has 0 aromatic heterocycles. The third-order valence-electron chi connectivity index (χ3n) is 3.58. The topological polar surface area (TPSA) is 87.3 Å². The minimum Gasteiger partial charge on any atom is -0.493 e. The third-order valence-corrected chi connectivity index (χ3v) is 3.58. The van der Waals surface area contributed by atoms with Gasteiger partial charge in [0, 0.05) is 5.56 Å². The monoisotopic (exact) mass is 399 g/mol. The number of benzene rings is 2. The fourth-order valence-corrected chi connectivity index (χ4v) is 2.42. The maximum atomic E-state index is 12.5. The summed E-state index contributed by atoms with van der Waals surface area (Å²) in [7, 11) is 4.44. The molecule has 0 heterocycles. The van der Waals surface area contributed by atoms with E-state index < -0.39 is 12.1 Å². The van der Waals surface area contributed by atoms with Crippen LogP contribution in [0, 0.1) is 0 Å². The van der Waals surface area contributed by atoms with Crippen LogP contribution in [0.3, 0.4) is 0 Å². The predicted molar refractivity (Wildman–Crippen MR) is 98.2 cm³/mol. The van der Waals surface area contributed by atoms with E-state index >= 15 is 0 Å². The highest BCUT2D eigenvalue weighted by molar-refractivity contribution is 5.93. The zero-order chi connectivity index (χ0) is 20.7. The van der Waals surface area contributed by atoms with Crippen molar-refractivity contribution in [3.8, 4) is 23.0 Å². The van der Waals surface area contributed by atoms with E-state index in [-0.39, 0.29) is 18.2 Å². The number of hydrogen-bond donors (Lipinski definition) is 2. The molecule has 3 N–H and O–H groups in total. The first kappa shape index (κ1) is 21.0. The lowest BCUT2D eigenvalue weighted by atomic mass is 10.1. The number of rotatable bonds is 7. The van der Waals surface area contributed by atoms with E-state index in [1.54, 1.807) is 12.1 Å². The number of nitrogens with two attached hydrogens (primary N) is 1. The number of guanidine groups is 1.